The first-order valence-corrected chi connectivity index (χ1v) is 8.02. The van der Waals surface area contributed by atoms with E-state index in [-0.39, 0.29) is 5.91 Å². The molecule has 0 aliphatic carbocycles. The second-order valence-electron chi connectivity index (χ2n) is 4.01. The summed E-state index contributed by atoms with van der Waals surface area (Å²) in [5.41, 5.74) is 5.41. The summed E-state index contributed by atoms with van der Waals surface area (Å²) in [5, 5.41) is 0. The lowest BCUT2D eigenvalue weighted by molar-refractivity contribution is -0.122. The Labute approximate surface area is 81.7 Å². The quantitative estimate of drug-likeness (QED) is 0.535. The molecule has 0 radical (unpaired) electrons. The average molecular weight is 200 g/mol. The van der Waals surface area contributed by atoms with E-state index in [1.54, 1.807) is 0 Å². The fourth-order valence-corrected chi connectivity index (χ4v) is 2.72. The first-order valence-electron chi connectivity index (χ1n) is 4.57. The number of amides is 1. The van der Waals surface area contributed by atoms with Crippen molar-refractivity contribution in [3.8, 4) is 0 Å². The van der Waals surface area contributed by atoms with Gasteiger partial charge in [-0.2, -0.15) is 0 Å². The van der Waals surface area contributed by atoms with Gasteiger partial charge < -0.3 is 10.3 Å². The summed E-state index contributed by atoms with van der Waals surface area (Å²) in [4.78, 5) is 11.5. The number of nitrogens with two attached hydrogens (primary N) is 1. The van der Waals surface area contributed by atoms with E-state index in [9.17, 15) is 4.79 Å². The lowest BCUT2D eigenvalue weighted by atomic mass is 10.4. The molecule has 0 spiro atoms. The summed E-state index contributed by atoms with van der Waals surface area (Å²) in [6.45, 7) is 11.3. The van der Waals surface area contributed by atoms with Gasteiger partial charge >= 0.3 is 0 Å². The number of rotatable bonds is 5. The molecule has 76 valence electrons. The number of carbonyl (C=O) groups is 1. The van der Waals surface area contributed by atoms with Crippen LogP contribution in [-0.4, -0.2) is 31.8 Å². The van der Waals surface area contributed by atoms with Gasteiger partial charge in [-0.05, 0) is 19.0 Å². The fourth-order valence-electron chi connectivity index (χ4n) is 1.14. The molecular formula is C9H20N2OSi. The molecule has 0 bridgehead atoms. The molecule has 0 heterocycles. The highest BCUT2D eigenvalue weighted by Gasteiger charge is 2.26. The molecule has 0 saturated heterocycles. The number of nitrogens with zero attached hydrogens (tertiary/aromatic N) is 1. The van der Waals surface area contributed by atoms with Crippen LogP contribution >= 0.6 is 0 Å². The zero-order valence-corrected chi connectivity index (χ0v) is 9.84. The van der Waals surface area contributed by atoms with Gasteiger partial charge in [0, 0.05) is 6.54 Å². The van der Waals surface area contributed by atoms with E-state index in [4.69, 9.17) is 5.73 Å². The Hall–Kier alpha value is -0.613. The molecule has 0 aromatic carbocycles. The minimum atomic E-state index is -1.55. The first-order chi connectivity index (χ1) is 5.93. The van der Waals surface area contributed by atoms with Crippen LogP contribution in [-0.2, 0) is 4.79 Å². The highest BCUT2D eigenvalue weighted by molar-refractivity contribution is 6.75. The van der Waals surface area contributed by atoms with Crippen molar-refractivity contribution in [1.82, 2.24) is 4.57 Å². The normalized spacial score (nSPS) is 11.1. The van der Waals surface area contributed by atoms with Crippen molar-refractivity contribution in [1.29, 1.82) is 0 Å². The molecule has 0 aromatic rings. The van der Waals surface area contributed by atoms with E-state index in [1.165, 1.54) is 6.08 Å². The third-order valence-electron chi connectivity index (χ3n) is 1.84. The fraction of sp³-hybridized carbons (Fsp3) is 0.667. The topological polar surface area (TPSA) is 46.3 Å². The van der Waals surface area contributed by atoms with Gasteiger partial charge in [0.2, 0.25) is 5.91 Å². The molecular weight excluding hydrogens is 180 g/mol. The van der Waals surface area contributed by atoms with Crippen LogP contribution in [0, 0.1) is 0 Å². The van der Waals surface area contributed by atoms with Crippen molar-refractivity contribution in [2.75, 3.05) is 13.1 Å². The van der Waals surface area contributed by atoms with Crippen molar-refractivity contribution >= 4 is 14.1 Å². The Kier molecular flexibility index (Phi) is 4.94. The van der Waals surface area contributed by atoms with Gasteiger partial charge in [0.05, 0.1) is 0 Å². The van der Waals surface area contributed by atoms with Crippen LogP contribution in [0.3, 0.4) is 0 Å². The summed E-state index contributed by atoms with van der Waals surface area (Å²) in [7, 11) is -1.55. The SMILES string of the molecule is C=CC(=O)N(CCCN)[Si](C)(C)C. The largest absolute Gasteiger partial charge is 0.366 e. The van der Waals surface area contributed by atoms with Gasteiger partial charge in [-0.25, -0.2) is 0 Å². The maximum absolute atomic E-state index is 11.5. The highest BCUT2D eigenvalue weighted by Crippen LogP contribution is 2.10. The Morgan fingerprint density at radius 1 is 1.54 bits per heavy atom. The first kappa shape index (κ1) is 12.4. The average Bonchev–Trinajstić information content (AvgIpc) is 2.02. The number of hydrogen-bond donors (Lipinski definition) is 1. The van der Waals surface area contributed by atoms with E-state index in [1.807, 2.05) is 4.57 Å². The predicted octanol–water partition coefficient (Wildman–Crippen LogP) is 1.18. The Morgan fingerprint density at radius 3 is 2.38 bits per heavy atom. The third-order valence-corrected chi connectivity index (χ3v) is 3.90. The van der Waals surface area contributed by atoms with Gasteiger partial charge in [-0.1, -0.05) is 26.2 Å². The molecule has 13 heavy (non-hydrogen) atoms. The second kappa shape index (κ2) is 5.19. The van der Waals surface area contributed by atoms with Gasteiger partial charge in [-0.3, -0.25) is 4.79 Å². The van der Waals surface area contributed by atoms with Gasteiger partial charge in [0.1, 0.15) is 0 Å². The maximum atomic E-state index is 11.5. The summed E-state index contributed by atoms with van der Waals surface area (Å²) < 4.78 is 1.92. The molecule has 1 amide bonds. The molecule has 0 rings (SSSR count). The summed E-state index contributed by atoms with van der Waals surface area (Å²) in [6, 6.07) is 0. The lowest BCUT2D eigenvalue weighted by Gasteiger charge is -2.33. The molecule has 0 aliphatic rings. The lowest BCUT2D eigenvalue weighted by Crippen LogP contribution is -2.49. The van der Waals surface area contributed by atoms with E-state index >= 15 is 0 Å². The molecule has 0 saturated carbocycles. The van der Waals surface area contributed by atoms with Crippen molar-refractivity contribution in [3.63, 3.8) is 0 Å². The Bertz CT molecular complexity index is 187. The highest BCUT2D eigenvalue weighted by atomic mass is 28.3. The van der Waals surface area contributed by atoms with E-state index in [0.29, 0.717) is 6.54 Å². The second-order valence-corrected chi connectivity index (χ2v) is 8.89. The predicted molar refractivity (Wildman–Crippen MR) is 58.9 cm³/mol. The zero-order valence-electron chi connectivity index (χ0n) is 8.84. The van der Waals surface area contributed by atoms with E-state index in [2.05, 4.69) is 26.2 Å². The van der Waals surface area contributed by atoms with Gasteiger partial charge in [-0.15, -0.1) is 0 Å². The minimum absolute atomic E-state index is 0.0348. The summed E-state index contributed by atoms with van der Waals surface area (Å²) in [6.07, 6.45) is 2.25. The van der Waals surface area contributed by atoms with Crippen LogP contribution in [0.5, 0.6) is 0 Å². The molecule has 0 unspecified atom stereocenters. The van der Waals surface area contributed by atoms with Crippen molar-refractivity contribution in [3.05, 3.63) is 12.7 Å². The van der Waals surface area contributed by atoms with E-state index in [0.717, 1.165) is 13.0 Å². The van der Waals surface area contributed by atoms with Crippen molar-refractivity contribution in [2.45, 2.75) is 26.1 Å². The maximum Gasteiger partial charge on any atom is 0.238 e. The summed E-state index contributed by atoms with van der Waals surface area (Å²) in [5.74, 6) is 0.0348. The van der Waals surface area contributed by atoms with Crippen molar-refractivity contribution < 1.29 is 4.79 Å². The minimum Gasteiger partial charge on any atom is -0.366 e. The van der Waals surface area contributed by atoms with E-state index < -0.39 is 8.24 Å². The Morgan fingerprint density at radius 2 is 2.08 bits per heavy atom. The standard InChI is InChI=1S/C9H20N2OSi/c1-5-9(12)11(8-6-7-10)13(2,3)4/h5H,1,6-8,10H2,2-4H3. The van der Waals surface area contributed by atoms with Crippen LogP contribution < -0.4 is 5.73 Å². The monoisotopic (exact) mass is 200 g/mol. The number of hydrogen-bond acceptors (Lipinski definition) is 2. The summed E-state index contributed by atoms with van der Waals surface area (Å²) >= 11 is 0. The third kappa shape index (κ3) is 4.24. The van der Waals surface area contributed by atoms with Gasteiger partial charge in [0.25, 0.3) is 0 Å². The molecule has 4 heteroatoms. The number of carbonyl (C=O) groups excluding carboxylic acids is 1. The molecule has 0 fully saturated rings. The molecule has 0 atom stereocenters. The molecule has 0 aromatic heterocycles. The zero-order chi connectivity index (χ0) is 10.5. The van der Waals surface area contributed by atoms with Crippen LogP contribution in [0.15, 0.2) is 12.7 Å². The van der Waals surface area contributed by atoms with Crippen LogP contribution in [0.4, 0.5) is 0 Å². The smallest absolute Gasteiger partial charge is 0.238 e. The van der Waals surface area contributed by atoms with Crippen LogP contribution in [0.25, 0.3) is 0 Å². The molecule has 2 N–H and O–H groups in total. The van der Waals surface area contributed by atoms with Crippen LogP contribution in [0.1, 0.15) is 6.42 Å². The Balaban J connectivity index is 4.37. The van der Waals surface area contributed by atoms with Crippen molar-refractivity contribution in [2.24, 2.45) is 5.73 Å². The molecule has 0 aliphatic heterocycles. The van der Waals surface area contributed by atoms with Gasteiger partial charge in [0.15, 0.2) is 8.24 Å². The van der Waals surface area contributed by atoms with Crippen LogP contribution in [0.2, 0.25) is 19.6 Å². The molecule has 3 nitrogen and oxygen atoms in total.